The molecule has 0 bridgehead atoms. The molecule has 1 N–H and O–H groups in total. The van der Waals surface area contributed by atoms with Crippen LogP contribution in [0.15, 0.2) is 0 Å². The van der Waals surface area contributed by atoms with E-state index >= 15 is 0 Å². The third kappa shape index (κ3) is 4.36. The quantitative estimate of drug-likeness (QED) is 0.263. The molecule has 0 unspecified atom stereocenters. The Morgan fingerprint density at radius 2 is 0.500 bits per heavy atom. The number of rotatable bonds is 10. The summed E-state index contributed by atoms with van der Waals surface area (Å²) in [5.41, 5.74) is 0. The first-order valence-corrected chi connectivity index (χ1v) is 7.53. The van der Waals surface area contributed by atoms with Gasteiger partial charge in [-0.05, 0) is 0 Å². The molecule has 0 radical (unpaired) electrons. The summed E-state index contributed by atoms with van der Waals surface area (Å²) < 4.78 is 296. The van der Waals surface area contributed by atoms with Gasteiger partial charge in [0, 0.05) is 0 Å². The first-order chi connectivity index (χ1) is 15.0. The SMILES string of the molecule is OC(F)(F)CC(F)(F)C(F)(F)C(F)(F)C(F)(F)C(F)(F)C(F)(F)C(F)(F)C(F)(F)C(F)(F)C(F)(F)F. The Balaban J connectivity index is 7.06. The molecule has 0 aromatic heterocycles. The molecule has 0 aliphatic rings. The van der Waals surface area contributed by atoms with Gasteiger partial charge in [0.15, 0.2) is 0 Å². The molecule has 0 aliphatic carbocycles. The van der Waals surface area contributed by atoms with Crippen LogP contribution in [0.1, 0.15) is 6.42 Å². The Morgan fingerprint density at radius 1 is 0.306 bits per heavy atom. The molecule has 24 heteroatoms. The minimum Gasteiger partial charge on any atom is -0.336 e. The Morgan fingerprint density at radius 3 is 0.694 bits per heavy atom. The van der Waals surface area contributed by atoms with Crippen molar-refractivity contribution in [1.29, 1.82) is 0 Å². The lowest BCUT2D eigenvalue weighted by Crippen LogP contribution is -2.77. The zero-order valence-electron chi connectivity index (χ0n) is 15.3. The van der Waals surface area contributed by atoms with Crippen LogP contribution < -0.4 is 0 Å². The molecule has 0 fully saturated rings. The van der Waals surface area contributed by atoms with Crippen LogP contribution in [0.4, 0.5) is 101 Å². The standard InChI is InChI=1S/C12H3F23O/c13-2(14,1-3(15,16)36)4(17,18)5(19,20)6(21,22)7(23,24)8(25,26)9(27,28)10(29,30)11(31,32)12(33,34)35/h36H,1H2. The van der Waals surface area contributed by atoms with Crippen molar-refractivity contribution in [3.8, 4) is 0 Å². The first kappa shape index (κ1) is 34.4. The topological polar surface area (TPSA) is 20.2 Å². The third-order valence-electron chi connectivity index (χ3n) is 4.01. The highest BCUT2D eigenvalue weighted by molar-refractivity contribution is 5.18. The Hall–Kier alpha value is -1.65. The van der Waals surface area contributed by atoms with E-state index in [0.29, 0.717) is 0 Å². The molecule has 0 aromatic rings. The average Bonchev–Trinajstić information content (AvgIpc) is 2.57. The summed E-state index contributed by atoms with van der Waals surface area (Å²) >= 11 is 0. The molecule has 0 saturated carbocycles. The molecule has 0 atom stereocenters. The summed E-state index contributed by atoms with van der Waals surface area (Å²) in [7, 11) is 0. The average molecular weight is 600 g/mol. The molecule has 1 nitrogen and oxygen atoms in total. The van der Waals surface area contributed by atoms with Gasteiger partial charge in [-0.3, -0.25) is 0 Å². The third-order valence-corrected chi connectivity index (χ3v) is 4.01. The second kappa shape index (κ2) is 8.17. The van der Waals surface area contributed by atoms with E-state index < -0.39 is 72.0 Å². The van der Waals surface area contributed by atoms with Crippen molar-refractivity contribution < 1.29 is 106 Å². The molecule has 0 amide bonds. The van der Waals surface area contributed by atoms with Crippen molar-refractivity contribution >= 4 is 0 Å². The van der Waals surface area contributed by atoms with Gasteiger partial charge in [-0.25, -0.2) is 0 Å². The lowest BCUT2D eigenvalue weighted by atomic mass is 9.86. The van der Waals surface area contributed by atoms with Crippen molar-refractivity contribution in [2.45, 2.75) is 72.0 Å². The molecule has 0 aromatic carbocycles. The molecule has 218 valence electrons. The zero-order valence-corrected chi connectivity index (χ0v) is 15.3. The number of hydrogen-bond donors (Lipinski definition) is 1. The highest BCUT2D eigenvalue weighted by Gasteiger charge is 2.97. The second-order valence-corrected chi connectivity index (χ2v) is 6.64. The fraction of sp³-hybridized carbons (Fsp3) is 1.00. The molecule has 0 saturated heterocycles. The lowest BCUT2D eigenvalue weighted by molar-refractivity contribution is -0.475. The molecule has 0 aliphatic heterocycles. The fourth-order valence-corrected chi connectivity index (χ4v) is 1.97. The van der Waals surface area contributed by atoms with Gasteiger partial charge in [0.2, 0.25) is 0 Å². The van der Waals surface area contributed by atoms with Gasteiger partial charge >= 0.3 is 65.6 Å². The predicted octanol–water partition coefficient (Wildman–Crippen LogP) is 7.24. The van der Waals surface area contributed by atoms with Crippen molar-refractivity contribution in [2.75, 3.05) is 0 Å². The number of aliphatic hydroxyl groups is 1. The largest absolute Gasteiger partial charge is 0.460 e. The van der Waals surface area contributed by atoms with Gasteiger partial charge < -0.3 is 5.11 Å². The van der Waals surface area contributed by atoms with Crippen molar-refractivity contribution in [3.63, 3.8) is 0 Å². The minimum atomic E-state index is -9.35. The van der Waals surface area contributed by atoms with Crippen LogP contribution in [0.5, 0.6) is 0 Å². The van der Waals surface area contributed by atoms with Gasteiger partial charge in [-0.15, -0.1) is 0 Å². The molecular formula is C12H3F23O. The Bertz CT molecular complexity index is 797. The molecule has 0 heterocycles. The van der Waals surface area contributed by atoms with Crippen LogP contribution in [0.3, 0.4) is 0 Å². The number of hydrogen-bond acceptors (Lipinski definition) is 1. The summed E-state index contributed by atoms with van der Waals surface area (Å²) in [6.07, 6.45) is -18.7. The summed E-state index contributed by atoms with van der Waals surface area (Å²) in [6, 6.07) is 0. The highest BCUT2D eigenvalue weighted by atomic mass is 19.4. The van der Waals surface area contributed by atoms with E-state index in [-0.39, 0.29) is 0 Å². The van der Waals surface area contributed by atoms with E-state index in [4.69, 9.17) is 5.11 Å². The van der Waals surface area contributed by atoms with Gasteiger partial charge in [0.1, 0.15) is 6.42 Å². The second-order valence-electron chi connectivity index (χ2n) is 6.64. The number of halogens is 23. The first-order valence-electron chi connectivity index (χ1n) is 7.53. The predicted molar refractivity (Wildman–Crippen MR) is 62.4 cm³/mol. The summed E-state index contributed by atoms with van der Waals surface area (Å²) in [4.78, 5) is 0. The van der Waals surface area contributed by atoms with Gasteiger partial charge in [0.25, 0.3) is 0 Å². The van der Waals surface area contributed by atoms with Gasteiger partial charge in [-0.1, -0.05) is 0 Å². The van der Waals surface area contributed by atoms with E-state index in [1.807, 2.05) is 0 Å². The van der Waals surface area contributed by atoms with E-state index in [0.717, 1.165) is 0 Å². The summed E-state index contributed by atoms with van der Waals surface area (Å²) in [6.45, 7) is 0. The van der Waals surface area contributed by atoms with Crippen molar-refractivity contribution in [2.24, 2.45) is 0 Å². The summed E-state index contributed by atoms with van der Waals surface area (Å²) in [5, 5.41) is 7.62. The highest BCUT2D eigenvalue weighted by Crippen LogP contribution is 2.66. The van der Waals surface area contributed by atoms with E-state index in [1.54, 1.807) is 0 Å². The van der Waals surface area contributed by atoms with Crippen LogP contribution in [-0.2, 0) is 0 Å². The fourth-order valence-electron chi connectivity index (χ4n) is 1.97. The normalized spacial score (nSPS) is 17.0. The van der Waals surface area contributed by atoms with Crippen molar-refractivity contribution in [1.82, 2.24) is 0 Å². The van der Waals surface area contributed by atoms with E-state index in [9.17, 15) is 101 Å². The molecule has 36 heavy (non-hydrogen) atoms. The monoisotopic (exact) mass is 600 g/mol. The smallest absolute Gasteiger partial charge is 0.336 e. The van der Waals surface area contributed by atoms with Crippen LogP contribution in [0.25, 0.3) is 0 Å². The van der Waals surface area contributed by atoms with E-state index in [2.05, 4.69) is 0 Å². The lowest BCUT2D eigenvalue weighted by Gasteiger charge is -2.44. The van der Waals surface area contributed by atoms with Gasteiger partial charge in [-0.2, -0.15) is 101 Å². The van der Waals surface area contributed by atoms with Gasteiger partial charge in [0.05, 0.1) is 0 Å². The van der Waals surface area contributed by atoms with Crippen LogP contribution in [-0.4, -0.2) is 70.7 Å². The van der Waals surface area contributed by atoms with Crippen LogP contribution in [0, 0.1) is 0 Å². The Kier molecular flexibility index (Phi) is 7.80. The summed E-state index contributed by atoms with van der Waals surface area (Å²) in [5.74, 6) is -79.7. The van der Waals surface area contributed by atoms with Crippen molar-refractivity contribution in [3.05, 3.63) is 0 Å². The maximum Gasteiger partial charge on any atom is 0.460 e. The zero-order chi connectivity index (χ0) is 30.2. The van der Waals surface area contributed by atoms with Crippen LogP contribution in [0.2, 0.25) is 0 Å². The maximum atomic E-state index is 13.4. The Labute approximate surface area is 179 Å². The molecule has 0 spiro atoms. The van der Waals surface area contributed by atoms with E-state index in [1.165, 1.54) is 0 Å². The maximum absolute atomic E-state index is 13.4. The number of alkyl halides is 23. The molecule has 0 rings (SSSR count). The molecular weight excluding hydrogens is 597 g/mol. The minimum absolute atomic E-state index is 4.38. The van der Waals surface area contributed by atoms with Crippen LogP contribution >= 0.6 is 0 Å².